The zero-order chi connectivity index (χ0) is 14.4. The summed E-state index contributed by atoms with van der Waals surface area (Å²) in [5.41, 5.74) is 0.730. The molecule has 3 N–H and O–H groups in total. The van der Waals surface area contributed by atoms with Crippen molar-refractivity contribution in [3.63, 3.8) is 0 Å². The molecule has 20 heavy (non-hydrogen) atoms. The van der Waals surface area contributed by atoms with Crippen LogP contribution in [0.2, 0.25) is 0 Å². The molecule has 104 valence electrons. The second kappa shape index (κ2) is 6.46. The summed E-state index contributed by atoms with van der Waals surface area (Å²) >= 11 is 0. The van der Waals surface area contributed by atoms with Crippen LogP contribution in [0.15, 0.2) is 36.7 Å². The number of hydrogen-bond acceptors (Lipinski definition) is 3. The molecule has 0 bridgehead atoms. The first-order valence-corrected chi connectivity index (χ1v) is 5.94. The number of amides is 2. The minimum Gasteiger partial charge on any atom is -0.350 e. The maximum Gasteiger partial charge on any atom is 0.254 e. The number of H-pyrrole nitrogens is 1. The minimum absolute atomic E-state index is 0.0878. The van der Waals surface area contributed by atoms with E-state index in [0.717, 1.165) is 5.56 Å². The summed E-state index contributed by atoms with van der Waals surface area (Å²) in [4.78, 5) is 23.2. The van der Waals surface area contributed by atoms with Crippen molar-refractivity contribution in [3.05, 3.63) is 53.6 Å². The van der Waals surface area contributed by atoms with Crippen LogP contribution in [0.1, 0.15) is 15.9 Å². The van der Waals surface area contributed by atoms with E-state index in [1.807, 2.05) is 0 Å². The van der Waals surface area contributed by atoms with Crippen LogP contribution in [-0.2, 0) is 11.3 Å². The Labute approximate surface area is 114 Å². The number of halogens is 1. The van der Waals surface area contributed by atoms with Gasteiger partial charge < -0.3 is 10.6 Å². The third-order valence-electron chi connectivity index (χ3n) is 2.57. The summed E-state index contributed by atoms with van der Waals surface area (Å²) in [6.45, 7) is 0.0932. The number of carbonyl (C=O) groups is 2. The fourth-order valence-corrected chi connectivity index (χ4v) is 1.54. The van der Waals surface area contributed by atoms with Crippen LogP contribution in [0.3, 0.4) is 0 Å². The first-order chi connectivity index (χ1) is 9.66. The van der Waals surface area contributed by atoms with Gasteiger partial charge in [-0.1, -0.05) is 12.1 Å². The summed E-state index contributed by atoms with van der Waals surface area (Å²) in [7, 11) is 0. The minimum atomic E-state index is -0.624. The smallest absolute Gasteiger partial charge is 0.254 e. The number of carbonyl (C=O) groups excluding carboxylic acids is 2. The summed E-state index contributed by atoms with van der Waals surface area (Å²) in [6, 6.07) is 5.59. The molecule has 0 saturated heterocycles. The summed E-state index contributed by atoms with van der Waals surface area (Å²) in [5.74, 6) is -1.61. The topological polar surface area (TPSA) is 86.9 Å². The molecule has 1 aromatic carbocycles. The Balaban J connectivity index is 1.78. The van der Waals surface area contributed by atoms with Crippen molar-refractivity contribution in [2.45, 2.75) is 6.54 Å². The van der Waals surface area contributed by atoms with Crippen molar-refractivity contribution >= 4 is 11.8 Å². The van der Waals surface area contributed by atoms with Gasteiger partial charge in [0.05, 0.1) is 18.3 Å². The molecule has 0 fully saturated rings. The van der Waals surface area contributed by atoms with Gasteiger partial charge in [-0.05, 0) is 12.1 Å². The molecule has 6 nitrogen and oxygen atoms in total. The second-order valence-corrected chi connectivity index (χ2v) is 4.05. The first kappa shape index (κ1) is 13.7. The molecule has 2 aromatic rings. The number of aromatic amines is 1. The quantitative estimate of drug-likeness (QED) is 0.747. The second-order valence-electron chi connectivity index (χ2n) is 4.05. The molecular formula is C13H13FN4O2. The highest BCUT2D eigenvalue weighted by Crippen LogP contribution is 2.05. The summed E-state index contributed by atoms with van der Waals surface area (Å²) < 4.78 is 13.3. The molecule has 2 rings (SSSR count). The molecule has 0 unspecified atom stereocenters. The van der Waals surface area contributed by atoms with Gasteiger partial charge in [0.2, 0.25) is 5.91 Å². The molecule has 0 atom stereocenters. The van der Waals surface area contributed by atoms with Crippen LogP contribution in [0.4, 0.5) is 4.39 Å². The van der Waals surface area contributed by atoms with Gasteiger partial charge in [-0.2, -0.15) is 5.10 Å². The Morgan fingerprint density at radius 3 is 2.75 bits per heavy atom. The summed E-state index contributed by atoms with van der Waals surface area (Å²) in [5, 5.41) is 11.3. The third-order valence-corrected chi connectivity index (χ3v) is 2.57. The van der Waals surface area contributed by atoms with Crippen molar-refractivity contribution in [3.8, 4) is 0 Å². The van der Waals surface area contributed by atoms with Crippen LogP contribution in [0.5, 0.6) is 0 Å². The van der Waals surface area contributed by atoms with E-state index < -0.39 is 11.7 Å². The van der Waals surface area contributed by atoms with Crippen molar-refractivity contribution in [1.82, 2.24) is 20.8 Å². The lowest BCUT2D eigenvalue weighted by atomic mass is 10.2. The van der Waals surface area contributed by atoms with Gasteiger partial charge >= 0.3 is 0 Å². The molecule has 2 amide bonds. The Kier molecular flexibility index (Phi) is 4.43. The maximum atomic E-state index is 13.3. The third kappa shape index (κ3) is 3.64. The van der Waals surface area contributed by atoms with Gasteiger partial charge in [0.25, 0.3) is 5.91 Å². The lowest BCUT2D eigenvalue weighted by Crippen LogP contribution is -2.36. The first-order valence-electron chi connectivity index (χ1n) is 5.94. The zero-order valence-electron chi connectivity index (χ0n) is 10.5. The van der Waals surface area contributed by atoms with Crippen LogP contribution in [-0.4, -0.2) is 28.6 Å². The normalized spacial score (nSPS) is 10.1. The molecule has 0 aliphatic heterocycles. The van der Waals surface area contributed by atoms with E-state index in [1.165, 1.54) is 18.2 Å². The van der Waals surface area contributed by atoms with Gasteiger partial charge in [-0.15, -0.1) is 0 Å². The number of nitrogens with zero attached hydrogens (tertiary/aromatic N) is 1. The zero-order valence-corrected chi connectivity index (χ0v) is 10.5. The highest BCUT2D eigenvalue weighted by molar-refractivity contribution is 5.96. The standard InChI is InChI=1S/C13H13FN4O2/c14-11-4-2-1-3-10(11)13(20)16-8-12(19)15-5-9-6-17-18-7-9/h1-4,6-7H,5,8H2,(H,15,19)(H,16,20)(H,17,18). The molecule has 0 saturated carbocycles. The SMILES string of the molecule is O=C(CNC(=O)c1ccccc1F)NCc1cn[nH]c1. The largest absolute Gasteiger partial charge is 0.350 e. The lowest BCUT2D eigenvalue weighted by Gasteiger charge is -2.06. The fourth-order valence-electron chi connectivity index (χ4n) is 1.54. The Bertz CT molecular complexity index is 598. The van der Waals surface area contributed by atoms with Crippen molar-refractivity contribution in [2.75, 3.05) is 6.54 Å². The molecule has 0 spiro atoms. The van der Waals surface area contributed by atoms with Crippen molar-refractivity contribution in [2.24, 2.45) is 0 Å². The predicted molar refractivity (Wildman–Crippen MR) is 69.2 cm³/mol. The van der Waals surface area contributed by atoms with Crippen molar-refractivity contribution < 1.29 is 14.0 Å². The molecule has 0 radical (unpaired) electrons. The Morgan fingerprint density at radius 1 is 1.25 bits per heavy atom. The van der Waals surface area contributed by atoms with Crippen LogP contribution in [0, 0.1) is 5.82 Å². The molecule has 0 aliphatic rings. The number of rotatable bonds is 5. The molecule has 1 aromatic heterocycles. The highest BCUT2D eigenvalue weighted by Gasteiger charge is 2.11. The Morgan fingerprint density at radius 2 is 2.05 bits per heavy atom. The molecule has 7 heteroatoms. The van der Waals surface area contributed by atoms with Gasteiger partial charge in [-0.3, -0.25) is 14.7 Å². The number of hydrogen-bond donors (Lipinski definition) is 3. The van der Waals surface area contributed by atoms with Gasteiger partial charge in [0.1, 0.15) is 5.82 Å². The van der Waals surface area contributed by atoms with E-state index in [2.05, 4.69) is 20.8 Å². The van der Waals surface area contributed by atoms with E-state index in [0.29, 0.717) is 6.54 Å². The van der Waals surface area contributed by atoms with E-state index in [9.17, 15) is 14.0 Å². The highest BCUT2D eigenvalue weighted by atomic mass is 19.1. The molecule has 0 aliphatic carbocycles. The predicted octanol–water partition coefficient (Wildman–Crippen LogP) is 0.595. The fraction of sp³-hybridized carbons (Fsp3) is 0.154. The van der Waals surface area contributed by atoms with E-state index in [-0.39, 0.29) is 18.0 Å². The summed E-state index contributed by atoms with van der Waals surface area (Å²) in [6.07, 6.45) is 3.23. The molecule has 1 heterocycles. The van der Waals surface area contributed by atoms with Gasteiger partial charge in [0, 0.05) is 18.3 Å². The van der Waals surface area contributed by atoms with E-state index >= 15 is 0 Å². The van der Waals surface area contributed by atoms with Gasteiger partial charge in [0.15, 0.2) is 0 Å². The van der Waals surface area contributed by atoms with Crippen LogP contribution < -0.4 is 10.6 Å². The average molecular weight is 276 g/mol. The van der Waals surface area contributed by atoms with Crippen LogP contribution >= 0.6 is 0 Å². The lowest BCUT2D eigenvalue weighted by molar-refractivity contribution is -0.120. The Hall–Kier alpha value is -2.70. The monoisotopic (exact) mass is 276 g/mol. The number of benzene rings is 1. The number of nitrogens with one attached hydrogen (secondary N) is 3. The van der Waals surface area contributed by atoms with Crippen molar-refractivity contribution in [1.29, 1.82) is 0 Å². The molecular weight excluding hydrogens is 263 g/mol. The number of aromatic nitrogens is 2. The van der Waals surface area contributed by atoms with E-state index in [1.54, 1.807) is 18.5 Å². The average Bonchev–Trinajstić information content (AvgIpc) is 2.96. The van der Waals surface area contributed by atoms with Gasteiger partial charge in [-0.25, -0.2) is 4.39 Å². The van der Waals surface area contributed by atoms with Crippen LogP contribution in [0.25, 0.3) is 0 Å². The maximum absolute atomic E-state index is 13.3. The van der Waals surface area contributed by atoms with E-state index in [4.69, 9.17) is 0 Å².